The highest BCUT2D eigenvalue weighted by molar-refractivity contribution is 7.88. The van der Waals surface area contributed by atoms with E-state index in [0.29, 0.717) is 32.5 Å². The molecule has 2 aromatic rings. The van der Waals surface area contributed by atoms with Crippen molar-refractivity contribution >= 4 is 27.3 Å². The number of piperidine rings is 1. The number of ether oxygens (including phenoxy) is 1. The van der Waals surface area contributed by atoms with Crippen LogP contribution in [0.5, 0.6) is 5.75 Å². The van der Waals surface area contributed by atoms with Gasteiger partial charge in [0.15, 0.2) is 0 Å². The summed E-state index contributed by atoms with van der Waals surface area (Å²) in [6.07, 6.45) is 2.66. The van der Waals surface area contributed by atoms with Crippen molar-refractivity contribution in [2.24, 2.45) is 0 Å². The van der Waals surface area contributed by atoms with Gasteiger partial charge in [0.25, 0.3) is 0 Å². The van der Waals surface area contributed by atoms with Gasteiger partial charge in [-0.15, -0.1) is 11.3 Å². The summed E-state index contributed by atoms with van der Waals surface area (Å²) in [5, 5.41) is 2.75. The molecule has 1 N–H and O–H groups in total. The molecule has 1 saturated heterocycles. The number of carbonyl (C=O) groups excluding carboxylic acids is 1. The second-order valence-electron chi connectivity index (χ2n) is 6.80. The van der Waals surface area contributed by atoms with Crippen LogP contribution in [0.2, 0.25) is 0 Å². The van der Waals surface area contributed by atoms with Crippen molar-refractivity contribution in [2.75, 3.05) is 26.0 Å². The third kappa shape index (κ3) is 5.52. The van der Waals surface area contributed by atoms with E-state index in [4.69, 9.17) is 4.74 Å². The van der Waals surface area contributed by atoms with E-state index in [0.717, 1.165) is 28.3 Å². The van der Waals surface area contributed by atoms with Crippen LogP contribution in [-0.2, 0) is 21.2 Å². The summed E-state index contributed by atoms with van der Waals surface area (Å²) in [6, 6.07) is 7.66. The maximum atomic E-state index is 12.6. The van der Waals surface area contributed by atoms with Crippen LogP contribution in [0.4, 0.5) is 0 Å². The Labute approximate surface area is 169 Å². The quantitative estimate of drug-likeness (QED) is 0.738. The van der Waals surface area contributed by atoms with Gasteiger partial charge >= 0.3 is 0 Å². The summed E-state index contributed by atoms with van der Waals surface area (Å²) >= 11 is 1.50. The highest BCUT2D eigenvalue weighted by atomic mass is 32.2. The lowest BCUT2D eigenvalue weighted by Crippen LogP contribution is -2.46. The van der Waals surface area contributed by atoms with Crippen molar-refractivity contribution in [1.29, 1.82) is 0 Å². The molecule has 3 rings (SSSR count). The number of nitrogens with one attached hydrogen (secondary N) is 1. The Hall–Kier alpha value is -1.97. The van der Waals surface area contributed by atoms with Crippen LogP contribution in [0.15, 0.2) is 29.6 Å². The number of amides is 1. The normalized spacial score (nSPS) is 15.6. The largest absolute Gasteiger partial charge is 0.493 e. The van der Waals surface area contributed by atoms with Gasteiger partial charge < -0.3 is 9.64 Å². The van der Waals surface area contributed by atoms with Gasteiger partial charge in [-0.1, -0.05) is 12.1 Å². The number of aromatic nitrogens is 1. The standard InChI is InChI=1S/C19H25N3O4S2/c1-3-26-17-7-5-4-6-16(17)19-20-15(13-27-19)12-18(23)22-10-8-14(9-11-22)21-28(2,24)25/h4-7,13-14,21H,3,8-12H2,1-2H3. The van der Waals surface area contributed by atoms with E-state index < -0.39 is 10.0 Å². The summed E-state index contributed by atoms with van der Waals surface area (Å²) in [5.74, 6) is 0.811. The van der Waals surface area contributed by atoms with Crippen molar-refractivity contribution in [3.63, 3.8) is 0 Å². The molecule has 0 aliphatic carbocycles. The van der Waals surface area contributed by atoms with Gasteiger partial charge in [0, 0.05) is 24.5 Å². The lowest BCUT2D eigenvalue weighted by atomic mass is 10.1. The predicted molar refractivity (Wildman–Crippen MR) is 110 cm³/mol. The van der Waals surface area contributed by atoms with Crippen molar-refractivity contribution in [2.45, 2.75) is 32.2 Å². The molecule has 1 amide bonds. The first kappa shape index (κ1) is 20.8. The summed E-state index contributed by atoms with van der Waals surface area (Å²) < 4.78 is 30.9. The zero-order chi connectivity index (χ0) is 20.1. The number of rotatable bonds is 7. The third-order valence-electron chi connectivity index (χ3n) is 4.53. The van der Waals surface area contributed by atoms with Gasteiger partial charge in [-0.2, -0.15) is 0 Å². The van der Waals surface area contributed by atoms with E-state index in [-0.39, 0.29) is 18.4 Å². The number of hydrogen-bond donors (Lipinski definition) is 1. The second-order valence-corrected chi connectivity index (χ2v) is 9.43. The van der Waals surface area contributed by atoms with Crippen LogP contribution in [0.1, 0.15) is 25.5 Å². The molecule has 0 unspecified atom stereocenters. The zero-order valence-corrected chi connectivity index (χ0v) is 17.7. The highest BCUT2D eigenvalue weighted by Gasteiger charge is 2.25. The second kappa shape index (κ2) is 9.02. The molecule has 0 atom stereocenters. The van der Waals surface area contributed by atoms with Crippen LogP contribution < -0.4 is 9.46 Å². The lowest BCUT2D eigenvalue weighted by Gasteiger charge is -2.31. The Bertz CT molecular complexity index is 919. The number of benzene rings is 1. The van der Waals surface area contributed by atoms with Gasteiger partial charge in [0.05, 0.1) is 30.5 Å². The highest BCUT2D eigenvalue weighted by Crippen LogP contribution is 2.32. The SMILES string of the molecule is CCOc1ccccc1-c1nc(CC(=O)N2CCC(NS(C)(=O)=O)CC2)cs1. The summed E-state index contributed by atoms with van der Waals surface area (Å²) in [5.41, 5.74) is 1.67. The molecule has 1 aromatic carbocycles. The first-order valence-corrected chi connectivity index (χ1v) is 12.0. The van der Waals surface area contributed by atoms with E-state index in [1.807, 2.05) is 36.6 Å². The fourth-order valence-corrected chi connectivity index (χ4v) is 4.94. The molecular weight excluding hydrogens is 398 g/mol. The molecule has 1 aliphatic heterocycles. The summed E-state index contributed by atoms with van der Waals surface area (Å²) in [6.45, 7) is 3.63. The van der Waals surface area contributed by atoms with E-state index in [1.54, 1.807) is 4.90 Å². The van der Waals surface area contributed by atoms with Crippen LogP contribution in [0, 0.1) is 0 Å². The molecule has 9 heteroatoms. The third-order valence-corrected chi connectivity index (χ3v) is 6.22. The first-order valence-electron chi connectivity index (χ1n) is 9.27. The lowest BCUT2D eigenvalue weighted by molar-refractivity contribution is -0.131. The molecule has 0 spiro atoms. The van der Waals surface area contributed by atoms with Crippen LogP contribution >= 0.6 is 11.3 Å². The van der Waals surface area contributed by atoms with Crippen molar-refractivity contribution in [1.82, 2.24) is 14.6 Å². The van der Waals surface area contributed by atoms with E-state index in [9.17, 15) is 13.2 Å². The molecule has 0 radical (unpaired) electrons. The number of para-hydroxylation sites is 1. The maximum Gasteiger partial charge on any atom is 0.228 e. The van der Waals surface area contributed by atoms with E-state index >= 15 is 0 Å². The number of nitrogens with zero attached hydrogens (tertiary/aromatic N) is 2. The molecule has 152 valence electrons. The molecule has 1 fully saturated rings. The average molecular weight is 424 g/mol. The van der Waals surface area contributed by atoms with Gasteiger partial charge in [-0.05, 0) is 31.9 Å². The molecule has 0 bridgehead atoms. The van der Waals surface area contributed by atoms with Crippen LogP contribution in [0.3, 0.4) is 0 Å². The van der Waals surface area contributed by atoms with Crippen molar-refractivity contribution < 1.29 is 17.9 Å². The fraction of sp³-hybridized carbons (Fsp3) is 0.474. The predicted octanol–water partition coefficient (Wildman–Crippen LogP) is 2.29. The van der Waals surface area contributed by atoms with Gasteiger partial charge in [-0.25, -0.2) is 18.1 Å². The Balaban J connectivity index is 1.59. The Morgan fingerprint density at radius 1 is 1.32 bits per heavy atom. The van der Waals surface area contributed by atoms with Crippen LogP contribution in [0.25, 0.3) is 10.6 Å². The van der Waals surface area contributed by atoms with Crippen molar-refractivity contribution in [3.8, 4) is 16.3 Å². The first-order chi connectivity index (χ1) is 13.4. The molecule has 1 aliphatic rings. The molecule has 7 nitrogen and oxygen atoms in total. The zero-order valence-electron chi connectivity index (χ0n) is 16.1. The molecule has 28 heavy (non-hydrogen) atoms. The Kier molecular flexibility index (Phi) is 6.69. The number of carbonyl (C=O) groups is 1. The number of sulfonamides is 1. The van der Waals surface area contributed by atoms with Gasteiger partial charge in [0.1, 0.15) is 10.8 Å². The minimum atomic E-state index is -3.21. The monoisotopic (exact) mass is 423 g/mol. The van der Waals surface area contributed by atoms with E-state index in [1.165, 1.54) is 11.3 Å². The number of hydrogen-bond acceptors (Lipinski definition) is 6. The Morgan fingerprint density at radius 3 is 2.71 bits per heavy atom. The molecule has 0 saturated carbocycles. The maximum absolute atomic E-state index is 12.6. The smallest absolute Gasteiger partial charge is 0.228 e. The molecular formula is C19H25N3O4S2. The summed E-state index contributed by atoms with van der Waals surface area (Å²) in [4.78, 5) is 19.0. The average Bonchev–Trinajstić information content (AvgIpc) is 3.10. The van der Waals surface area contributed by atoms with Gasteiger partial charge in [-0.3, -0.25) is 4.79 Å². The minimum absolute atomic E-state index is 0.0211. The summed E-state index contributed by atoms with van der Waals surface area (Å²) in [7, 11) is -3.21. The molecule has 2 heterocycles. The topological polar surface area (TPSA) is 88.6 Å². The van der Waals surface area contributed by atoms with Gasteiger partial charge in [0.2, 0.25) is 15.9 Å². The molecule has 1 aromatic heterocycles. The minimum Gasteiger partial charge on any atom is -0.493 e. The number of thiazole rings is 1. The number of likely N-dealkylation sites (tertiary alicyclic amines) is 1. The Morgan fingerprint density at radius 2 is 2.04 bits per heavy atom. The van der Waals surface area contributed by atoms with Crippen molar-refractivity contribution in [3.05, 3.63) is 35.3 Å². The van der Waals surface area contributed by atoms with E-state index in [2.05, 4.69) is 9.71 Å². The van der Waals surface area contributed by atoms with Crippen LogP contribution in [-0.4, -0.2) is 56.2 Å². The fourth-order valence-electron chi connectivity index (χ4n) is 3.25.